The molecule has 2 rings (SSSR count). The number of amides is 1. The third-order valence-corrected chi connectivity index (χ3v) is 4.34. The summed E-state index contributed by atoms with van der Waals surface area (Å²) in [5, 5.41) is 3.78. The van der Waals surface area contributed by atoms with Crippen LogP contribution >= 0.6 is 0 Å². The molecule has 0 spiro atoms. The van der Waals surface area contributed by atoms with Gasteiger partial charge in [-0.1, -0.05) is 0 Å². The average Bonchev–Trinajstić information content (AvgIpc) is 2.40. The van der Waals surface area contributed by atoms with E-state index in [0.717, 1.165) is 25.9 Å². The van der Waals surface area contributed by atoms with Crippen LogP contribution in [0.3, 0.4) is 0 Å². The number of likely N-dealkylation sites (tertiary alicyclic amines) is 2. The zero-order valence-corrected chi connectivity index (χ0v) is 14.0. The lowest BCUT2D eigenvalue weighted by Gasteiger charge is -2.37. The van der Waals surface area contributed by atoms with Gasteiger partial charge in [0.1, 0.15) is 5.60 Å². The molecule has 0 bridgehead atoms. The molecule has 5 heteroatoms. The number of hydrogen-bond acceptors (Lipinski definition) is 4. The van der Waals surface area contributed by atoms with Crippen molar-refractivity contribution in [3.05, 3.63) is 0 Å². The van der Waals surface area contributed by atoms with Crippen molar-refractivity contribution in [2.45, 2.75) is 64.1 Å². The van der Waals surface area contributed by atoms with Gasteiger partial charge in [-0.2, -0.15) is 0 Å². The molecule has 0 radical (unpaired) electrons. The molecule has 5 nitrogen and oxygen atoms in total. The third kappa shape index (κ3) is 5.47. The van der Waals surface area contributed by atoms with E-state index in [0.29, 0.717) is 12.1 Å². The van der Waals surface area contributed by atoms with Gasteiger partial charge >= 0.3 is 6.09 Å². The highest BCUT2D eigenvalue weighted by atomic mass is 16.6. The minimum absolute atomic E-state index is 0.166. The fraction of sp³-hybridized carbons (Fsp3) is 0.938. The van der Waals surface area contributed by atoms with Crippen molar-refractivity contribution in [1.82, 2.24) is 15.1 Å². The zero-order chi connectivity index (χ0) is 15.5. The minimum Gasteiger partial charge on any atom is -0.444 e. The van der Waals surface area contributed by atoms with Crippen LogP contribution in [0.15, 0.2) is 0 Å². The Bertz CT molecular complexity index is 338. The first-order valence-electron chi connectivity index (χ1n) is 8.26. The molecule has 0 aromatic carbocycles. The average molecular weight is 297 g/mol. The van der Waals surface area contributed by atoms with Gasteiger partial charge in [-0.3, -0.25) is 0 Å². The first-order chi connectivity index (χ1) is 9.83. The third-order valence-electron chi connectivity index (χ3n) is 4.34. The zero-order valence-electron chi connectivity index (χ0n) is 14.0. The molecule has 2 fully saturated rings. The molecule has 0 atom stereocenters. The van der Waals surface area contributed by atoms with Gasteiger partial charge in [0, 0.05) is 25.2 Å². The molecule has 2 aliphatic heterocycles. The van der Waals surface area contributed by atoms with Crippen LogP contribution in [0.25, 0.3) is 0 Å². The number of ether oxygens (including phenoxy) is 1. The fourth-order valence-electron chi connectivity index (χ4n) is 3.06. The van der Waals surface area contributed by atoms with Crippen LogP contribution in [0.1, 0.15) is 46.5 Å². The van der Waals surface area contributed by atoms with Crippen LogP contribution in [0, 0.1) is 0 Å². The molecule has 21 heavy (non-hydrogen) atoms. The van der Waals surface area contributed by atoms with Crippen LogP contribution in [0.2, 0.25) is 0 Å². The van der Waals surface area contributed by atoms with Crippen LogP contribution in [0.5, 0.6) is 0 Å². The standard InChI is InChI=1S/C16H31N3O2/c1-16(2,3)21-15(20)19-11-7-14(8-12-19)17-13-5-9-18(4)10-6-13/h13-14,17H,5-12H2,1-4H3. The van der Waals surface area contributed by atoms with E-state index in [2.05, 4.69) is 17.3 Å². The molecule has 1 amide bonds. The Balaban J connectivity index is 1.69. The number of nitrogens with zero attached hydrogens (tertiary/aromatic N) is 2. The summed E-state index contributed by atoms with van der Waals surface area (Å²) < 4.78 is 5.44. The highest BCUT2D eigenvalue weighted by Gasteiger charge is 2.28. The molecule has 0 aromatic heterocycles. The molecule has 2 aliphatic rings. The van der Waals surface area contributed by atoms with Crippen molar-refractivity contribution >= 4 is 6.09 Å². The van der Waals surface area contributed by atoms with Gasteiger partial charge in [0.25, 0.3) is 0 Å². The topological polar surface area (TPSA) is 44.8 Å². The highest BCUT2D eigenvalue weighted by Crippen LogP contribution is 2.17. The van der Waals surface area contributed by atoms with E-state index in [4.69, 9.17) is 4.74 Å². The Labute approximate surface area is 129 Å². The summed E-state index contributed by atoms with van der Waals surface area (Å²) in [5.41, 5.74) is -0.402. The Hall–Kier alpha value is -0.810. The Morgan fingerprint density at radius 1 is 1.00 bits per heavy atom. The summed E-state index contributed by atoms with van der Waals surface area (Å²) in [6.45, 7) is 9.74. The Morgan fingerprint density at radius 3 is 1.95 bits per heavy atom. The van der Waals surface area contributed by atoms with Gasteiger partial charge in [0.05, 0.1) is 0 Å². The van der Waals surface area contributed by atoms with E-state index in [1.807, 2.05) is 25.7 Å². The second-order valence-electron chi connectivity index (χ2n) is 7.49. The number of nitrogens with one attached hydrogen (secondary N) is 1. The maximum absolute atomic E-state index is 12.0. The second kappa shape index (κ2) is 6.97. The van der Waals surface area contributed by atoms with E-state index in [1.165, 1.54) is 25.9 Å². The van der Waals surface area contributed by atoms with E-state index in [-0.39, 0.29) is 6.09 Å². The number of piperidine rings is 2. The van der Waals surface area contributed by atoms with Gasteiger partial charge in [0.2, 0.25) is 0 Å². The predicted octanol–water partition coefficient (Wildman–Crippen LogP) is 2.07. The van der Waals surface area contributed by atoms with Crippen molar-refractivity contribution in [2.24, 2.45) is 0 Å². The summed E-state index contributed by atoms with van der Waals surface area (Å²) in [6, 6.07) is 1.20. The number of hydrogen-bond donors (Lipinski definition) is 1. The number of carbonyl (C=O) groups is 1. The van der Waals surface area contributed by atoms with Crippen molar-refractivity contribution < 1.29 is 9.53 Å². The first kappa shape index (κ1) is 16.6. The summed E-state index contributed by atoms with van der Waals surface area (Å²) in [4.78, 5) is 16.3. The summed E-state index contributed by atoms with van der Waals surface area (Å²) in [5.74, 6) is 0. The lowest BCUT2D eigenvalue weighted by molar-refractivity contribution is 0.0193. The molecular formula is C16H31N3O2. The minimum atomic E-state index is -0.402. The largest absolute Gasteiger partial charge is 0.444 e. The van der Waals surface area contributed by atoms with Gasteiger partial charge in [-0.05, 0) is 66.6 Å². The van der Waals surface area contributed by atoms with Crippen LogP contribution in [-0.2, 0) is 4.74 Å². The van der Waals surface area contributed by atoms with Crippen LogP contribution < -0.4 is 5.32 Å². The molecule has 2 saturated heterocycles. The summed E-state index contributed by atoms with van der Waals surface area (Å²) in [7, 11) is 2.19. The molecule has 1 N–H and O–H groups in total. The number of carbonyl (C=O) groups excluding carboxylic acids is 1. The van der Waals surface area contributed by atoms with E-state index < -0.39 is 5.60 Å². The predicted molar refractivity (Wildman–Crippen MR) is 84.5 cm³/mol. The molecule has 0 aromatic rings. The Kier molecular flexibility index (Phi) is 5.49. The quantitative estimate of drug-likeness (QED) is 0.847. The van der Waals surface area contributed by atoms with Crippen molar-refractivity contribution in [1.29, 1.82) is 0 Å². The van der Waals surface area contributed by atoms with Crippen molar-refractivity contribution in [3.8, 4) is 0 Å². The number of rotatable bonds is 2. The van der Waals surface area contributed by atoms with Crippen LogP contribution in [0.4, 0.5) is 4.79 Å². The Morgan fingerprint density at radius 2 is 1.48 bits per heavy atom. The smallest absolute Gasteiger partial charge is 0.410 e. The molecule has 122 valence electrons. The monoisotopic (exact) mass is 297 g/mol. The lowest BCUT2D eigenvalue weighted by atomic mass is 10.00. The maximum Gasteiger partial charge on any atom is 0.410 e. The van der Waals surface area contributed by atoms with Gasteiger partial charge in [0.15, 0.2) is 0 Å². The fourth-order valence-corrected chi connectivity index (χ4v) is 3.06. The molecule has 0 saturated carbocycles. The first-order valence-corrected chi connectivity index (χ1v) is 8.26. The normalized spacial score (nSPS) is 23.3. The highest BCUT2D eigenvalue weighted by molar-refractivity contribution is 5.68. The van der Waals surface area contributed by atoms with Gasteiger partial charge in [-0.15, -0.1) is 0 Å². The molecule has 2 heterocycles. The second-order valence-corrected chi connectivity index (χ2v) is 7.49. The van der Waals surface area contributed by atoms with E-state index in [1.54, 1.807) is 0 Å². The van der Waals surface area contributed by atoms with Crippen molar-refractivity contribution in [3.63, 3.8) is 0 Å². The van der Waals surface area contributed by atoms with Gasteiger partial charge < -0.3 is 19.9 Å². The molecule has 0 unspecified atom stereocenters. The van der Waals surface area contributed by atoms with Crippen LogP contribution in [-0.4, -0.2) is 66.8 Å². The summed E-state index contributed by atoms with van der Waals surface area (Å²) in [6.07, 6.45) is 4.38. The SMILES string of the molecule is CN1CCC(NC2CCN(C(=O)OC(C)(C)C)CC2)CC1. The lowest BCUT2D eigenvalue weighted by Crippen LogP contribution is -2.50. The van der Waals surface area contributed by atoms with Gasteiger partial charge in [-0.25, -0.2) is 4.79 Å². The van der Waals surface area contributed by atoms with E-state index in [9.17, 15) is 4.79 Å². The maximum atomic E-state index is 12.0. The van der Waals surface area contributed by atoms with Crippen molar-refractivity contribution in [2.75, 3.05) is 33.2 Å². The van der Waals surface area contributed by atoms with E-state index >= 15 is 0 Å². The summed E-state index contributed by atoms with van der Waals surface area (Å²) >= 11 is 0. The molecule has 0 aliphatic carbocycles. The molecular weight excluding hydrogens is 266 g/mol.